The summed E-state index contributed by atoms with van der Waals surface area (Å²) in [6, 6.07) is 41.4. The van der Waals surface area contributed by atoms with Crippen LogP contribution in [0.15, 0.2) is 225 Å². The Hall–Kier alpha value is -14.9. The van der Waals surface area contributed by atoms with Crippen LogP contribution in [0.4, 0.5) is 45.4 Å². The Kier molecular flexibility index (Phi) is 26.7. The molecular weight excluding hydrogens is 2050 g/mol. The van der Waals surface area contributed by atoms with Crippen LogP contribution in [-0.4, -0.2) is 138 Å². The molecule has 3 fully saturated rings. The average molecular weight is 2150 g/mol. The van der Waals surface area contributed by atoms with E-state index in [1.54, 1.807) is 223 Å². The number of fused-ring (bicyclic) bond motifs is 12. The number of hydrogen-bond acceptors (Lipinski definition) is 27. The lowest BCUT2D eigenvalue weighted by atomic mass is 9.97. The third-order valence-electron chi connectivity index (χ3n) is 26.6. The van der Waals surface area contributed by atoms with Gasteiger partial charge in [-0.25, -0.2) is 43.2 Å². The van der Waals surface area contributed by atoms with Gasteiger partial charge in [-0.2, -0.15) is 18.6 Å². The predicted molar refractivity (Wildman–Crippen MR) is 570 cm³/mol. The van der Waals surface area contributed by atoms with Gasteiger partial charge in [0.25, 0.3) is 16.7 Å². The number of rotatable bonds is 14. The molecular formula is C107H99Cl6F2N21O14. The number of nitrogens with two attached hydrogens (primary N) is 1. The van der Waals surface area contributed by atoms with E-state index in [0.717, 1.165) is 74.8 Å². The van der Waals surface area contributed by atoms with E-state index in [1.165, 1.54) is 4.68 Å². The van der Waals surface area contributed by atoms with E-state index in [9.17, 15) is 33.6 Å². The van der Waals surface area contributed by atoms with Gasteiger partial charge in [-0.15, -0.1) is 15.3 Å². The number of nitrogens with zero attached hydrogens (tertiary/aromatic N) is 20. The Labute approximate surface area is 885 Å². The summed E-state index contributed by atoms with van der Waals surface area (Å²) in [6.45, 7) is 20.2. The van der Waals surface area contributed by atoms with Crippen molar-refractivity contribution in [2.75, 3.05) is 15.5 Å². The van der Waals surface area contributed by atoms with Crippen molar-refractivity contribution in [3.63, 3.8) is 0 Å². The number of ether oxygens (including phenoxy) is 4. The van der Waals surface area contributed by atoms with Gasteiger partial charge in [-0.3, -0.25) is 19.4 Å². The zero-order valence-corrected chi connectivity index (χ0v) is 84.9. The number of carbonyl (C=O) groups is 4. The second-order valence-electron chi connectivity index (χ2n) is 41.3. The highest BCUT2D eigenvalue weighted by molar-refractivity contribution is 6.32. The van der Waals surface area contributed by atoms with Gasteiger partial charge in [-0.05, 0) is 268 Å². The van der Waals surface area contributed by atoms with Gasteiger partial charge in [0.2, 0.25) is 11.9 Å². The molecule has 4 amide bonds. The monoisotopic (exact) mass is 2150 g/mol. The number of aromatic nitrogens is 15. The number of halogens is 8. The molecule has 3 aliphatic carbocycles. The topological polar surface area (TPSA) is 411 Å². The number of carbonyl (C=O) groups excluding carboxylic acids is 4. The fourth-order valence-electron chi connectivity index (χ4n) is 20.4. The van der Waals surface area contributed by atoms with Crippen molar-refractivity contribution < 1.29 is 60.5 Å². The first kappa shape index (κ1) is 104. The largest absolute Gasteiger partial charge is 0.443 e. The number of benzene rings is 6. The Morgan fingerprint density at radius 3 is 1.05 bits per heavy atom. The molecule has 35 nitrogen and oxygen atoms in total. The summed E-state index contributed by atoms with van der Waals surface area (Å²) in [4.78, 5) is 109. The van der Waals surface area contributed by atoms with Crippen molar-refractivity contribution in [1.82, 2.24) is 74.2 Å². The van der Waals surface area contributed by atoms with Crippen molar-refractivity contribution >= 4 is 178 Å². The number of anilines is 3. The quantitative estimate of drug-likeness (QED) is 0.0780. The van der Waals surface area contributed by atoms with Gasteiger partial charge >= 0.3 is 24.4 Å². The first-order chi connectivity index (χ1) is 69.8. The van der Waals surface area contributed by atoms with Gasteiger partial charge in [0.1, 0.15) is 22.4 Å². The van der Waals surface area contributed by atoms with E-state index < -0.39 is 64.7 Å². The van der Waals surface area contributed by atoms with E-state index >= 15 is 8.78 Å². The molecule has 9 atom stereocenters. The van der Waals surface area contributed by atoms with Crippen molar-refractivity contribution in [3.05, 3.63) is 278 Å². The highest BCUT2D eigenvalue weighted by atomic mass is 35.5. The SMILES string of the molecule is C.C.C.CC(C)(C)OC(=O)N(C(=O)OC(C)(C)C)c1noc2cc(C3=C(F)N=C([C@@H]4[C@H]5C[C@H]5c5cc(-c6cc(Cl)ccc6-n6cc(Cl)nn6)cc(=O)n54)C3)ccc12.CC(C)(C)OC(=O)N(C(=O)OC(C)(C)C)c1noc2cc(C3=CN=C([C@@H]4[C@H]5C[C@H]5c5cc(-c6cc(Cl)ccc6-n6cc(Cl)nn6)cc(=O)n54)C3)ccc12.Nc1noc2cc(C3=C(F)N=C([C@@H]4[C@H]5C[C@H]5c5cc(-c6cc(Cl)ccc6-n6cc(Cl)nn6)cc(=O)n54)C3)ccc12. The number of pyridine rings is 3. The van der Waals surface area contributed by atoms with Gasteiger partial charge in [0, 0.05) is 139 Å². The molecule has 6 aliphatic heterocycles. The highest BCUT2D eigenvalue weighted by Gasteiger charge is 2.58. The van der Waals surface area contributed by atoms with Crippen LogP contribution in [0.2, 0.25) is 30.5 Å². The minimum atomic E-state index is -0.996. The molecule has 9 aromatic heterocycles. The lowest BCUT2D eigenvalue weighted by molar-refractivity contribution is 0.0406. The summed E-state index contributed by atoms with van der Waals surface area (Å²) >= 11 is 37.3. The van der Waals surface area contributed by atoms with Crippen LogP contribution >= 0.6 is 69.6 Å². The zero-order chi connectivity index (χ0) is 103. The average Bonchev–Trinajstić information content (AvgIpc) is 1.55. The molecule has 772 valence electrons. The summed E-state index contributed by atoms with van der Waals surface area (Å²) in [5.41, 5.74) is 17.5. The molecule has 150 heavy (non-hydrogen) atoms. The van der Waals surface area contributed by atoms with Crippen LogP contribution in [0.25, 0.3) is 100 Å². The smallest absolute Gasteiger partial charge is 0.425 e. The van der Waals surface area contributed by atoms with Crippen molar-refractivity contribution in [2.24, 2.45) is 32.7 Å². The van der Waals surface area contributed by atoms with Gasteiger partial charge in [0.15, 0.2) is 49.7 Å². The van der Waals surface area contributed by atoms with Crippen LogP contribution in [0.3, 0.4) is 0 Å². The van der Waals surface area contributed by atoms with E-state index in [-0.39, 0.29) is 131 Å². The molecule has 9 aliphatic rings. The number of allylic oxidation sites excluding steroid dienone is 3. The zero-order valence-electron chi connectivity index (χ0n) is 80.4. The van der Waals surface area contributed by atoms with Crippen LogP contribution in [-0.2, 0) is 18.9 Å². The summed E-state index contributed by atoms with van der Waals surface area (Å²) in [7, 11) is 0. The maximum Gasteiger partial charge on any atom is 0.425 e. The predicted octanol–water partition coefficient (Wildman–Crippen LogP) is 25.7. The third kappa shape index (κ3) is 19.6. The fraction of sp³-hybridized carbons (Fsp3) is 0.318. The summed E-state index contributed by atoms with van der Waals surface area (Å²) < 4.78 is 79.5. The van der Waals surface area contributed by atoms with Gasteiger partial charge in [-0.1, -0.05) is 141 Å². The lowest BCUT2D eigenvalue weighted by Gasteiger charge is -2.27. The van der Waals surface area contributed by atoms with Gasteiger partial charge < -0.3 is 52.0 Å². The molecule has 43 heteroatoms. The molecule has 0 unspecified atom stereocenters. The Bertz CT molecular complexity index is 8510. The number of amides is 4. The minimum Gasteiger partial charge on any atom is -0.443 e. The van der Waals surface area contributed by atoms with Gasteiger partial charge in [0.05, 0.1) is 69.9 Å². The number of imide groups is 2. The Morgan fingerprint density at radius 1 is 0.393 bits per heavy atom. The normalized spacial score (nSPS) is 19.3. The van der Waals surface area contributed by atoms with E-state index in [2.05, 4.69) is 62.5 Å². The van der Waals surface area contributed by atoms with E-state index in [1.807, 2.05) is 47.2 Å². The van der Waals surface area contributed by atoms with Crippen LogP contribution in [0.5, 0.6) is 0 Å². The van der Waals surface area contributed by atoms with Crippen LogP contribution in [0.1, 0.15) is 214 Å². The van der Waals surface area contributed by atoms with Crippen LogP contribution < -0.4 is 32.2 Å². The maximum absolute atomic E-state index is 15.8. The first-order valence-corrected chi connectivity index (χ1v) is 49.2. The molecule has 0 spiro atoms. The summed E-state index contributed by atoms with van der Waals surface area (Å²) in [5.74, 6) is 0.00936. The number of nitrogen functional groups attached to an aromatic ring is 1. The van der Waals surface area contributed by atoms with Crippen molar-refractivity contribution in [1.29, 1.82) is 0 Å². The molecule has 3 saturated carbocycles. The van der Waals surface area contributed by atoms with Crippen molar-refractivity contribution in [3.8, 4) is 50.4 Å². The second kappa shape index (κ2) is 38.6. The minimum absolute atomic E-state index is 0. The Morgan fingerprint density at radius 2 is 0.713 bits per heavy atom. The molecule has 0 radical (unpaired) electrons. The third-order valence-corrected chi connectivity index (χ3v) is 27.9. The molecule has 6 aromatic carbocycles. The Balaban J connectivity index is 0.000000141. The highest BCUT2D eigenvalue weighted by Crippen LogP contribution is 2.64. The molecule has 0 bridgehead atoms. The van der Waals surface area contributed by atoms with Crippen molar-refractivity contribution in [2.45, 2.75) is 202 Å². The maximum atomic E-state index is 15.8. The van der Waals surface area contributed by atoms with E-state index in [0.29, 0.717) is 128 Å². The second-order valence-corrected chi connectivity index (χ2v) is 43.8. The number of aliphatic imine (C=N–C) groups is 3. The molecule has 0 saturated heterocycles. The lowest BCUT2D eigenvalue weighted by Crippen LogP contribution is -2.44. The molecule has 24 rings (SSSR count). The molecule has 2 N–H and O–H groups in total. The summed E-state index contributed by atoms with van der Waals surface area (Å²) in [5, 5.41) is 39.5. The van der Waals surface area contributed by atoms with Crippen LogP contribution in [0, 0.1) is 17.8 Å². The summed E-state index contributed by atoms with van der Waals surface area (Å²) in [6.07, 6.45) is 6.41. The number of hydrogen-bond donors (Lipinski definition) is 1. The fourth-order valence-corrected chi connectivity index (χ4v) is 21.3. The molecule has 15 heterocycles. The first-order valence-electron chi connectivity index (χ1n) is 46.9. The van der Waals surface area contributed by atoms with E-state index in [4.69, 9.17) is 113 Å². The standard InChI is InChI=1S/C38H34Cl2FN7O6.C38H35Cl2N7O6.C28H18Cl2FN7O2.3CH4/c1-37(2,3)52-35(50)48(36(51)53-38(4,5)6)34-21-9-7-18(12-29(21)54-44-34)23-16-26(42-33(23)41)32-25-15-24(25)28-11-19(13-31(49)47(28)32)22-14-20(39)8-10-27(22)46-17-30(40)43-45-46;1-37(2,3)51-35(49)47(36(50)52-38(4,5)6)34-23-9-7-19(13-30(23)53-43-34)21-11-27(41-17-21)33-26-16-25(26)29-12-20(14-32(48)46(29)33)24-15-22(39)8-10-28(24)45-18-31(40)42-44-45;29-14-2-4-21(37-11-24(30)34-36-37)16(8-14)13-5-22-18-9-19(18)26(38(22)25(39)7-13)20-10-17(27(31)33-20)12-1-3-15-23(6-12)40-35-28(15)32;;;/h7-14,17,24-25,32H,15-16H2,1-6H3;7-10,12-15,17-18,25-26,33H,11,16H2,1-6H3;1-8,11,18-19,26H,9-10H2,(H2,32,35);3*1H4/t24-,25+,32+;25-,26+,33+;18-,19+,26+;;;/m111.../s1. The molecule has 15 aromatic rings.